The molecule has 0 radical (unpaired) electrons. The lowest BCUT2D eigenvalue weighted by Crippen LogP contribution is -2.42. The topological polar surface area (TPSA) is 95.6 Å². The van der Waals surface area contributed by atoms with Gasteiger partial charge in [-0.25, -0.2) is 15.0 Å². The first-order chi connectivity index (χ1) is 14.7. The van der Waals surface area contributed by atoms with E-state index >= 15 is 0 Å². The zero-order chi connectivity index (χ0) is 22.2. The second kappa shape index (κ2) is 8.03. The lowest BCUT2D eigenvalue weighted by Gasteiger charge is -2.17. The van der Waals surface area contributed by atoms with Crippen molar-refractivity contribution in [3.05, 3.63) is 47.7 Å². The number of rotatable bonds is 5. The molecule has 0 aliphatic rings. The molecule has 1 amide bonds. The van der Waals surface area contributed by atoms with Gasteiger partial charge < -0.3 is 15.6 Å². The fraction of sp³-hybridized carbons (Fsp3) is 0.200. The van der Waals surface area contributed by atoms with Crippen molar-refractivity contribution in [3.63, 3.8) is 0 Å². The molecular formula is C20H16ClF3N6O. The summed E-state index contributed by atoms with van der Waals surface area (Å²) in [6.07, 6.45) is -1.28. The lowest BCUT2D eigenvalue weighted by atomic mass is 10.1. The Kier molecular flexibility index (Phi) is 5.40. The van der Waals surface area contributed by atoms with Crippen molar-refractivity contribution in [2.75, 3.05) is 11.9 Å². The Balaban J connectivity index is 1.72. The van der Waals surface area contributed by atoms with Crippen molar-refractivity contribution in [1.82, 2.24) is 25.3 Å². The molecule has 0 bridgehead atoms. The number of H-pyrrole nitrogens is 1. The standard InChI is InChI=1S/C20H16ClF3N6O/c1-10(19(31)27-9-20(22,23)24)28-17-12-4-2-3-5-15(12)29-18(30-17)14-8-26-16-13(14)6-11(21)7-25-16/h2-8,10H,9H2,1H3,(H,25,26)(H,27,31)(H,28,29,30)/t10-/m1/s1. The number of aromatic amines is 1. The van der Waals surface area contributed by atoms with E-state index in [9.17, 15) is 18.0 Å². The second-order valence-corrected chi connectivity index (χ2v) is 7.30. The molecular weight excluding hydrogens is 433 g/mol. The summed E-state index contributed by atoms with van der Waals surface area (Å²) >= 11 is 6.07. The predicted molar refractivity (Wildman–Crippen MR) is 112 cm³/mol. The number of fused-ring (bicyclic) bond motifs is 2. The maximum absolute atomic E-state index is 12.4. The lowest BCUT2D eigenvalue weighted by molar-refractivity contribution is -0.138. The third-order valence-corrected chi connectivity index (χ3v) is 4.76. The Morgan fingerprint density at radius 1 is 1.23 bits per heavy atom. The zero-order valence-corrected chi connectivity index (χ0v) is 16.8. The SMILES string of the molecule is C[C@@H](Nc1nc(-c2c[nH]c3ncc(Cl)cc23)nc2ccccc12)C(=O)NCC(F)(F)F. The van der Waals surface area contributed by atoms with Gasteiger partial charge in [0, 0.05) is 28.7 Å². The molecule has 3 heterocycles. The predicted octanol–water partition coefficient (Wildman–Crippen LogP) is 4.31. The number of alkyl halides is 3. The van der Waals surface area contributed by atoms with E-state index in [1.807, 2.05) is 5.32 Å². The summed E-state index contributed by atoms with van der Waals surface area (Å²) < 4.78 is 37.2. The van der Waals surface area contributed by atoms with Crippen LogP contribution in [0.3, 0.4) is 0 Å². The van der Waals surface area contributed by atoms with Crippen LogP contribution in [-0.2, 0) is 4.79 Å². The number of halogens is 4. The zero-order valence-electron chi connectivity index (χ0n) is 16.1. The van der Waals surface area contributed by atoms with Gasteiger partial charge in [0.25, 0.3) is 0 Å². The van der Waals surface area contributed by atoms with Crippen LogP contribution in [0.25, 0.3) is 33.3 Å². The molecule has 160 valence electrons. The van der Waals surface area contributed by atoms with E-state index in [0.29, 0.717) is 44.2 Å². The highest BCUT2D eigenvalue weighted by Gasteiger charge is 2.29. The first-order valence-electron chi connectivity index (χ1n) is 9.22. The molecule has 1 atom stereocenters. The molecule has 3 N–H and O–H groups in total. The van der Waals surface area contributed by atoms with Crippen LogP contribution in [0.4, 0.5) is 19.0 Å². The molecule has 0 saturated heterocycles. The Bertz CT molecular complexity index is 1270. The summed E-state index contributed by atoms with van der Waals surface area (Å²) in [7, 11) is 0. The molecule has 4 rings (SSSR count). The summed E-state index contributed by atoms with van der Waals surface area (Å²) in [6.45, 7) is 0.0500. The van der Waals surface area contributed by atoms with Crippen molar-refractivity contribution in [1.29, 1.82) is 0 Å². The van der Waals surface area contributed by atoms with Crippen LogP contribution >= 0.6 is 11.6 Å². The highest BCUT2D eigenvalue weighted by molar-refractivity contribution is 6.31. The number of carbonyl (C=O) groups is 1. The molecule has 3 aromatic heterocycles. The Hall–Kier alpha value is -3.40. The Morgan fingerprint density at radius 2 is 2.00 bits per heavy atom. The number of amides is 1. The summed E-state index contributed by atoms with van der Waals surface area (Å²) in [5.41, 5.74) is 1.85. The molecule has 0 aliphatic carbocycles. The van der Waals surface area contributed by atoms with Gasteiger partial charge in [-0.2, -0.15) is 13.2 Å². The molecule has 0 saturated carbocycles. The van der Waals surface area contributed by atoms with Gasteiger partial charge in [-0.05, 0) is 25.1 Å². The van der Waals surface area contributed by atoms with Crippen LogP contribution in [0.1, 0.15) is 6.92 Å². The van der Waals surface area contributed by atoms with Crippen LogP contribution in [0.15, 0.2) is 42.7 Å². The van der Waals surface area contributed by atoms with E-state index in [-0.39, 0.29) is 0 Å². The molecule has 4 aromatic rings. The van der Waals surface area contributed by atoms with Crippen LogP contribution < -0.4 is 10.6 Å². The molecule has 1 aromatic carbocycles. The van der Waals surface area contributed by atoms with Gasteiger partial charge >= 0.3 is 6.18 Å². The summed E-state index contributed by atoms with van der Waals surface area (Å²) in [5, 5.41) is 6.55. The average Bonchev–Trinajstić information content (AvgIpc) is 3.14. The smallest absolute Gasteiger partial charge is 0.358 e. The number of aromatic nitrogens is 4. The third-order valence-electron chi connectivity index (χ3n) is 4.55. The minimum absolute atomic E-state index is 0.319. The van der Waals surface area contributed by atoms with Crippen LogP contribution in [0.5, 0.6) is 0 Å². The van der Waals surface area contributed by atoms with Crippen molar-refractivity contribution >= 4 is 45.3 Å². The largest absolute Gasteiger partial charge is 0.405 e. The Labute approximate surface area is 179 Å². The minimum atomic E-state index is -4.49. The molecule has 0 spiro atoms. The van der Waals surface area contributed by atoms with E-state index in [4.69, 9.17) is 11.6 Å². The van der Waals surface area contributed by atoms with E-state index in [1.165, 1.54) is 13.1 Å². The van der Waals surface area contributed by atoms with E-state index in [0.717, 1.165) is 0 Å². The normalized spacial score (nSPS) is 12.8. The number of carbonyl (C=O) groups excluding carboxylic acids is 1. The summed E-state index contributed by atoms with van der Waals surface area (Å²) in [4.78, 5) is 28.5. The van der Waals surface area contributed by atoms with Crippen molar-refractivity contribution < 1.29 is 18.0 Å². The monoisotopic (exact) mass is 448 g/mol. The summed E-state index contributed by atoms with van der Waals surface area (Å²) in [5.74, 6) is -0.136. The van der Waals surface area contributed by atoms with Gasteiger partial charge in [-0.1, -0.05) is 23.7 Å². The average molecular weight is 449 g/mol. The molecule has 31 heavy (non-hydrogen) atoms. The number of benzene rings is 1. The van der Waals surface area contributed by atoms with Crippen molar-refractivity contribution in [2.45, 2.75) is 19.1 Å². The molecule has 0 fully saturated rings. The van der Waals surface area contributed by atoms with Gasteiger partial charge in [0.1, 0.15) is 24.1 Å². The number of anilines is 1. The maximum atomic E-state index is 12.4. The van der Waals surface area contributed by atoms with Crippen LogP contribution in [0.2, 0.25) is 5.02 Å². The van der Waals surface area contributed by atoms with Crippen molar-refractivity contribution in [3.8, 4) is 11.4 Å². The summed E-state index contributed by atoms with van der Waals surface area (Å²) in [6, 6.07) is 7.88. The van der Waals surface area contributed by atoms with E-state index < -0.39 is 24.7 Å². The van der Waals surface area contributed by atoms with Gasteiger partial charge in [0.15, 0.2) is 5.82 Å². The fourth-order valence-corrected chi connectivity index (χ4v) is 3.24. The number of hydrogen-bond acceptors (Lipinski definition) is 5. The molecule has 7 nitrogen and oxygen atoms in total. The quantitative estimate of drug-likeness (QED) is 0.423. The maximum Gasteiger partial charge on any atom is 0.405 e. The number of pyridine rings is 1. The fourth-order valence-electron chi connectivity index (χ4n) is 3.08. The van der Waals surface area contributed by atoms with Gasteiger partial charge in [-0.15, -0.1) is 0 Å². The number of nitrogens with one attached hydrogen (secondary N) is 3. The minimum Gasteiger partial charge on any atom is -0.358 e. The van der Waals surface area contributed by atoms with Gasteiger partial charge in [0.2, 0.25) is 5.91 Å². The van der Waals surface area contributed by atoms with Gasteiger partial charge in [-0.3, -0.25) is 4.79 Å². The first-order valence-corrected chi connectivity index (χ1v) is 9.60. The number of nitrogens with zero attached hydrogens (tertiary/aromatic N) is 3. The molecule has 11 heteroatoms. The highest BCUT2D eigenvalue weighted by Crippen LogP contribution is 2.30. The third kappa shape index (κ3) is 4.53. The molecule has 0 unspecified atom stereocenters. The Morgan fingerprint density at radius 3 is 2.77 bits per heavy atom. The first kappa shape index (κ1) is 20.9. The number of para-hydroxylation sites is 1. The van der Waals surface area contributed by atoms with Crippen LogP contribution in [0, 0.1) is 0 Å². The van der Waals surface area contributed by atoms with Crippen molar-refractivity contribution in [2.24, 2.45) is 0 Å². The van der Waals surface area contributed by atoms with Gasteiger partial charge in [0.05, 0.1) is 10.5 Å². The number of hydrogen-bond donors (Lipinski definition) is 3. The van der Waals surface area contributed by atoms with E-state index in [1.54, 1.807) is 36.5 Å². The highest BCUT2D eigenvalue weighted by atomic mass is 35.5. The van der Waals surface area contributed by atoms with E-state index in [2.05, 4.69) is 25.3 Å². The second-order valence-electron chi connectivity index (χ2n) is 6.86. The molecule has 0 aliphatic heterocycles. The van der Waals surface area contributed by atoms with Crippen LogP contribution in [-0.4, -0.2) is 44.6 Å².